The summed E-state index contributed by atoms with van der Waals surface area (Å²) in [5.41, 5.74) is 1.57. The number of Topliss-reactive ketones (excluding diaryl/α,β-unsaturated/α-hetero) is 1. The van der Waals surface area contributed by atoms with Gasteiger partial charge in [-0.2, -0.15) is 0 Å². The van der Waals surface area contributed by atoms with Gasteiger partial charge in [-0.05, 0) is 48.5 Å². The van der Waals surface area contributed by atoms with Crippen molar-refractivity contribution >= 4 is 23.4 Å². The van der Waals surface area contributed by atoms with E-state index in [1.807, 2.05) is 0 Å². The van der Waals surface area contributed by atoms with Crippen molar-refractivity contribution < 1.29 is 18.7 Å². The molecule has 0 fully saturated rings. The zero-order valence-corrected chi connectivity index (χ0v) is 16.8. The first-order valence-corrected chi connectivity index (χ1v) is 9.63. The normalized spacial score (nSPS) is 10.6. The summed E-state index contributed by atoms with van der Waals surface area (Å²) in [5, 5.41) is 4.78. The van der Waals surface area contributed by atoms with E-state index in [0.717, 1.165) is 0 Å². The van der Waals surface area contributed by atoms with Gasteiger partial charge >= 0.3 is 5.97 Å². The molecule has 0 aliphatic rings. The molecule has 154 valence electrons. The number of hydrogen-bond acceptors (Lipinski definition) is 5. The van der Waals surface area contributed by atoms with Crippen LogP contribution in [0.5, 0.6) is 0 Å². The second-order valence-corrected chi connectivity index (χ2v) is 6.96. The first-order chi connectivity index (χ1) is 15.0. The van der Waals surface area contributed by atoms with Crippen molar-refractivity contribution in [2.45, 2.75) is 0 Å². The lowest BCUT2D eigenvalue weighted by molar-refractivity contribution is 0.0462. The maximum Gasteiger partial charge on any atom is 0.378 e. The van der Waals surface area contributed by atoms with Crippen LogP contribution in [-0.4, -0.2) is 33.1 Å². The third-order valence-corrected chi connectivity index (χ3v) is 4.65. The van der Waals surface area contributed by atoms with Crippen molar-refractivity contribution in [3.63, 3.8) is 0 Å². The quantitative estimate of drug-likeness (QED) is 0.322. The molecule has 31 heavy (non-hydrogen) atoms. The smallest absolute Gasteiger partial charge is 0.378 e. The predicted octanol–water partition coefficient (Wildman–Crippen LogP) is 4.77. The molecule has 0 aliphatic heterocycles. The Morgan fingerprint density at radius 1 is 0.935 bits per heavy atom. The highest BCUT2D eigenvalue weighted by molar-refractivity contribution is 6.30. The van der Waals surface area contributed by atoms with Gasteiger partial charge in [0.25, 0.3) is 5.82 Å². The van der Waals surface area contributed by atoms with Gasteiger partial charge in [-0.3, -0.25) is 4.79 Å². The lowest BCUT2D eigenvalue weighted by Gasteiger charge is -2.06. The molecule has 1 heterocycles. The number of ketones is 1. The van der Waals surface area contributed by atoms with E-state index in [0.29, 0.717) is 27.7 Å². The van der Waals surface area contributed by atoms with Gasteiger partial charge in [-0.1, -0.05) is 41.9 Å². The number of nitrogens with zero attached hydrogens (tertiary/aromatic N) is 3. The van der Waals surface area contributed by atoms with E-state index in [1.165, 1.54) is 28.9 Å². The van der Waals surface area contributed by atoms with E-state index in [-0.39, 0.29) is 11.6 Å². The summed E-state index contributed by atoms with van der Waals surface area (Å²) in [6.07, 6.45) is 0. The average molecular weight is 436 g/mol. The highest BCUT2D eigenvalue weighted by Gasteiger charge is 2.21. The Balaban J connectivity index is 1.62. The molecule has 0 saturated carbocycles. The molecule has 0 radical (unpaired) electrons. The summed E-state index contributed by atoms with van der Waals surface area (Å²) < 4.78 is 19.9. The summed E-state index contributed by atoms with van der Waals surface area (Å²) in [4.78, 5) is 29.0. The summed E-state index contributed by atoms with van der Waals surface area (Å²) in [6, 6.07) is 20.9. The molecule has 0 atom stereocenters. The van der Waals surface area contributed by atoms with Gasteiger partial charge in [-0.25, -0.2) is 18.9 Å². The van der Waals surface area contributed by atoms with Crippen molar-refractivity contribution in [2.24, 2.45) is 0 Å². The molecule has 4 rings (SSSR count). The second kappa shape index (κ2) is 8.89. The standard InChI is InChI=1S/C23H15ClFN3O3/c24-17-8-12-19(13-9-17)28-22(16-6-10-18(25)11-7-16)26-21(27-28)23(30)31-14-20(29)15-4-2-1-3-5-15/h1-13H,14H2. The highest BCUT2D eigenvalue weighted by Crippen LogP contribution is 2.23. The molecule has 0 saturated heterocycles. The molecule has 8 heteroatoms. The van der Waals surface area contributed by atoms with Crippen LogP contribution in [0, 0.1) is 5.82 Å². The minimum atomic E-state index is -0.847. The summed E-state index contributed by atoms with van der Waals surface area (Å²) in [6.45, 7) is -0.440. The zero-order valence-electron chi connectivity index (χ0n) is 16.0. The number of halogens is 2. The lowest BCUT2D eigenvalue weighted by atomic mass is 10.1. The third kappa shape index (κ3) is 4.67. The molecule has 3 aromatic carbocycles. The molecule has 0 bridgehead atoms. The number of aromatic nitrogens is 3. The largest absolute Gasteiger partial charge is 0.451 e. The Kier molecular flexibility index (Phi) is 5.86. The zero-order chi connectivity index (χ0) is 21.8. The van der Waals surface area contributed by atoms with Gasteiger partial charge in [0, 0.05) is 16.1 Å². The molecule has 1 aromatic heterocycles. The van der Waals surface area contributed by atoms with Crippen LogP contribution in [0.25, 0.3) is 17.1 Å². The van der Waals surface area contributed by atoms with E-state index in [4.69, 9.17) is 16.3 Å². The second-order valence-electron chi connectivity index (χ2n) is 6.52. The molecular weight excluding hydrogens is 421 g/mol. The predicted molar refractivity (Wildman–Crippen MR) is 113 cm³/mol. The molecule has 0 aliphatic carbocycles. The topological polar surface area (TPSA) is 74.1 Å². The maximum atomic E-state index is 13.4. The Bertz CT molecular complexity index is 1160. The summed E-state index contributed by atoms with van der Waals surface area (Å²) in [5.74, 6) is -1.51. The van der Waals surface area contributed by atoms with Gasteiger partial charge in [0.05, 0.1) is 5.69 Å². The fraction of sp³-hybridized carbons (Fsp3) is 0.0435. The number of rotatable bonds is 6. The van der Waals surface area contributed by atoms with Crippen molar-refractivity contribution in [1.29, 1.82) is 0 Å². The van der Waals surface area contributed by atoms with Gasteiger partial charge in [0.2, 0.25) is 0 Å². The van der Waals surface area contributed by atoms with E-state index in [9.17, 15) is 14.0 Å². The minimum absolute atomic E-state index is 0.227. The van der Waals surface area contributed by atoms with Crippen LogP contribution in [0.15, 0.2) is 78.9 Å². The van der Waals surface area contributed by atoms with Crippen LogP contribution >= 0.6 is 11.6 Å². The number of carbonyl (C=O) groups excluding carboxylic acids is 2. The lowest BCUT2D eigenvalue weighted by Crippen LogP contribution is -2.15. The van der Waals surface area contributed by atoms with Crippen LogP contribution < -0.4 is 0 Å². The van der Waals surface area contributed by atoms with Crippen LogP contribution in [0.4, 0.5) is 4.39 Å². The van der Waals surface area contributed by atoms with Gasteiger partial charge in [0.15, 0.2) is 18.2 Å². The Morgan fingerprint density at radius 2 is 1.61 bits per heavy atom. The Morgan fingerprint density at radius 3 is 2.29 bits per heavy atom. The first-order valence-electron chi connectivity index (χ1n) is 9.25. The summed E-state index contributed by atoms with van der Waals surface area (Å²) in [7, 11) is 0. The molecule has 0 unspecified atom stereocenters. The Labute approximate surface area is 181 Å². The number of benzene rings is 3. The monoisotopic (exact) mass is 435 g/mol. The maximum absolute atomic E-state index is 13.4. The fourth-order valence-corrected chi connectivity index (χ4v) is 2.98. The Hall–Kier alpha value is -3.84. The minimum Gasteiger partial charge on any atom is -0.451 e. The van der Waals surface area contributed by atoms with E-state index in [1.54, 1.807) is 54.6 Å². The molecule has 4 aromatic rings. The molecule has 6 nitrogen and oxygen atoms in total. The van der Waals surface area contributed by atoms with E-state index >= 15 is 0 Å². The van der Waals surface area contributed by atoms with E-state index in [2.05, 4.69) is 10.1 Å². The number of hydrogen-bond donors (Lipinski definition) is 0. The van der Waals surface area contributed by atoms with Crippen LogP contribution in [-0.2, 0) is 4.74 Å². The number of ether oxygens (including phenoxy) is 1. The van der Waals surface area contributed by atoms with Crippen LogP contribution in [0.1, 0.15) is 21.0 Å². The van der Waals surface area contributed by atoms with Gasteiger partial charge in [-0.15, -0.1) is 5.10 Å². The van der Waals surface area contributed by atoms with Crippen molar-refractivity contribution in [2.75, 3.05) is 6.61 Å². The third-order valence-electron chi connectivity index (χ3n) is 4.39. The SMILES string of the molecule is O=C(COC(=O)c1nc(-c2ccc(F)cc2)n(-c2ccc(Cl)cc2)n1)c1ccccc1. The highest BCUT2D eigenvalue weighted by atomic mass is 35.5. The average Bonchev–Trinajstić information content (AvgIpc) is 3.24. The molecule has 0 spiro atoms. The van der Waals surface area contributed by atoms with Crippen LogP contribution in [0.3, 0.4) is 0 Å². The number of esters is 1. The van der Waals surface area contributed by atoms with Gasteiger partial charge < -0.3 is 4.74 Å². The first kappa shape index (κ1) is 20.4. The molecular formula is C23H15ClFN3O3. The van der Waals surface area contributed by atoms with E-state index < -0.39 is 18.4 Å². The van der Waals surface area contributed by atoms with Gasteiger partial charge in [0.1, 0.15) is 5.82 Å². The van der Waals surface area contributed by atoms with Crippen molar-refractivity contribution in [3.8, 4) is 17.1 Å². The van der Waals surface area contributed by atoms with Crippen molar-refractivity contribution in [3.05, 3.63) is 101 Å². The number of carbonyl (C=O) groups is 2. The van der Waals surface area contributed by atoms with Crippen molar-refractivity contribution in [1.82, 2.24) is 14.8 Å². The summed E-state index contributed by atoms with van der Waals surface area (Å²) >= 11 is 5.96. The fourth-order valence-electron chi connectivity index (χ4n) is 2.85. The molecule has 0 amide bonds. The molecule has 0 N–H and O–H groups in total. The van der Waals surface area contributed by atoms with Crippen LogP contribution in [0.2, 0.25) is 5.02 Å².